The highest BCUT2D eigenvalue weighted by Gasteiger charge is 2.31. The lowest BCUT2D eigenvalue weighted by Crippen LogP contribution is -2.45. The third-order valence-corrected chi connectivity index (χ3v) is 4.01. The summed E-state index contributed by atoms with van der Waals surface area (Å²) in [7, 11) is 0. The molecule has 2 rings (SSSR count). The van der Waals surface area contributed by atoms with Gasteiger partial charge < -0.3 is 20.1 Å². The summed E-state index contributed by atoms with van der Waals surface area (Å²) >= 11 is 5.27. The number of hydrogen-bond acceptors (Lipinski definition) is 4. The summed E-state index contributed by atoms with van der Waals surface area (Å²) in [6, 6.07) is 7.37. The van der Waals surface area contributed by atoms with Crippen LogP contribution in [0.3, 0.4) is 0 Å². The maximum Gasteiger partial charge on any atom is 0.338 e. The molecule has 0 saturated heterocycles. The summed E-state index contributed by atoms with van der Waals surface area (Å²) in [6.07, 6.45) is 1.90. The van der Waals surface area contributed by atoms with Gasteiger partial charge in [0.2, 0.25) is 0 Å². The minimum Gasteiger partial charge on any atom is -0.494 e. The van der Waals surface area contributed by atoms with Crippen LogP contribution in [-0.2, 0) is 9.53 Å². The molecule has 5 nitrogen and oxygen atoms in total. The van der Waals surface area contributed by atoms with E-state index in [2.05, 4.69) is 17.6 Å². The first kappa shape index (κ1) is 19.2. The Labute approximate surface area is 154 Å². The molecule has 0 bridgehead atoms. The Kier molecular flexibility index (Phi) is 6.82. The minimum atomic E-state index is -0.366. The molecule has 0 unspecified atom stereocenters. The lowest BCUT2D eigenvalue weighted by atomic mass is 9.95. The van der Waals surface area contributed by atoms with Gasteiger partial charge in [0.05, 0.1) is 24.3 Å². The molecule has 1 aliphatic rings. The van der Waals surface area contributed by atoms with Crippen molar-refractivity contribution in [2.45, 2.75) is 52.7 Å². The van der Waals surface area contributed by atoms with Crippen LogP contribution < -0.4 is 15.4 Å². The van der Waals surface area contributed by atoms with Crippen molar-refractivity contribution >= 4 is 23.3 Å². The number of allylic oxidation sites excluding steroid dienone is 1. The number of unbranched alkanes of at least 4 members (excludes halogenated alkanes) is 1. The van der Waals surface area contributed by atoms with Crippen molar-refractivity contribution in [3.8, 4) is 5.75 Å². The zero-order valence-electron chi connectivity index (χ0n) is 15.2. The van der Waals surface area contributed by atoms with E-state index in [0.717, 1.165) is 24.2 Å². The second-order valence-electron chi connectivity index (χ2n) is 6.30. The zero-order chi connectivity index (χ0) is 18.4. The van der Waals surface area contributed by atoms with Crippen LogP contribution in [0.1, 0.15) is 52.1 Å². The van der Waals surface area contributed by atoms with Crippen molar-refractivity contribution in [1.29, 1.82) is 0 Å². The van der Waals surface area contributed by atoms with E-state index in [-0.39, 0.29) is 18.1 Å². The van der Waals surface area contributed by atoms with Gasteiger partial charge in [-0.3, -0.25) is 0 Å². The molecule has 0 radical (unpaired) electrons. The molecule has 0 saturated carbocycles. The quantitative estimate of drug-likeness (QED) is 0.439. The van der Waals surface area contributed by atoms with Gasteiger partial charge in [0.1, 0.15) is 5.75 Å². The van der Waals surface area contributed by atoms with E-state index in [1.807, 2.05) is 45.0 Å². The fourth-order valence-corrected chi connectivity index (χ4v) is 2.88. The van der Waals surface area contributed by atoms with Gasteiger partial charge in [-0.1, -0.05) is 25.5 Å². The lowest BCUT2D eigenvalue weighted by Gasteiger charge is -2.30. The van der Waals surface area contributed by atoms with Gasteiger partial charge in [-0.15, -0.1) is 0 Å². The Morgan fingerprint density at radius 1 is 1.36 bits per heavy atom. The van der Waals surface area contributed by atoms with E-state index >= 15 is 0 Å². The predicted octanol–water partition coefficient (Wildman–Crippen LogP) is 3.61. The largest absolute Gasteiger partial charge is 0.494 e. The molecule has 25 heavy (non-hydrogen) atoms. The monoisotopic (exact) mass is 362 g/mol. The van der Waals surface area contributed by atoms with E-state index < -0.39 is 0 Å². The molecule has 1 heterocycles. The molecular formula is C19H26N2O3S. The number of rotatable bonds is 7. The summed E-state index contributed by atoms with van der Waals surface area (Å²) in [5.74, 6) is 0.434. The topological polar surface area (TPSA) is 59.6 Å². The number of carbonyl (C=O) groups is 1. The van der Waals surface area contributed by atoms with Crippen LogP contribution in [0.25, 0.3) is 0 Å². The Morgan fingerprint density at radius 2 is 2.12 bits per heavy atom. The highest BCUT2D eigenvalue weighted by Crippen LogP contribution is 2.30. The van der Waals surface area contributed by atoms with Gasteiger partial charge in [0, 0.05) is 5.70 Å². The van der Waals surface area contributed by atoms with Crippen LogP contribution in [0.2, 0.25) is 0 Å². The van der Waals surface area contributed by atoms with Crippen LogP contribution in [0.5, 0.6) is 5.75 Å². The molecule has 6 heteroatoms. The molecule has 1 atom stereocenters. The number of thiocarbonyl (C=S) groups is 1. The van der Waals surface area contributed by atoms with Gasteiger partial charge in [0.15, 0.2) is 5.11 Å². The molecular weight excluding hydrogens is 336 g/mol. The standard InChI is InChI=1S/C19H26N2O3S/c1-5-6-10-23-15-9-7-8-14(11-15)17-16(18(22)24-12(2)3)13(4)20-19(25)21-17/h7-9,11-12,17H,5-6,10H2,1-4H3,(H2,20,21,25)/t17-/m1/s1. The third kappa shape index (κ3) is 5.19. The second-order valence-corrected chi connectivity index (χ2v) is 6.71. The maximum absolute atomic E-state index is 12.6. The first-order chi connectivity index (χ1) is 11.9. The molecule has 0 spiro atoms. The van der Waals surface area contributed by atoms with Crippen LogP contribution in [0.4, 0.5) is 0 Å². The van der Waals surface area contributed by atoms with E-state index in [0.29, 0.717) is 23.0 Å². The fraction of sp³-hybridized carbons (Fsp3) is 0.474. The van der Waals surface area contributed by atoms with Crippen molar-refractivity contribution in [3.05, 3.63) is 41.1 Å². The normalized spacial score (nSPS) is 17.2. The van der Waals surface area contributed by atoms with Crippen LogP contribution >= 0.6 is 12.2 Å². The highest BCUT2D eigenvalue weighted by molar-refractivity contribution is 7.80. The summed E-state index contributed by atoms with van der Waals surface area (Å²) < 4.78 is 11.2. The number of hydrogen-bond donors (Lipinski definition) is 2. The van der Waals surface area contributed by atoms with Gasteiger partial charge in [-0.25, -0.2) is 4.79 Å². The molecule has 1 aromatic carbocycles. The molecule has 136 valence electrons. The Bertz CT molecular complexity index is 670. The maximum atomic E-state index is 12.6. The molecule has 0 amide bonds. The molecule has 2 N–H and O–H groups in total. The average molecular weight is 362 g/mol. The van der Waals surface area contributed by atoms with Crippen molar-refractivity contribution in [3.63, 3.8) is 0 Å². The molecule has 1 aliphatic heterocycles. The number of nitrogens with one attached hydrogen (secondary N) is 2. The molecule has 0 fully saturated rings. The first-order valence-electron chi connectivity index (χ1n) is 8.64. The van der Waals surface area contributed by atoms with Gasteiger partial charge in [-0.2, -0.15) is 0 Å². The van der Waals surface area contributed by atoms with Gasteiger partial charge in [0.25, 0.3) is 0 Å². The number of carbonyl (C=O) groups excluding carboxylic acids is 1. The van der Waals surface area contributed by atoms with Crippen molar-refractivity contribution < 1.29 is 14.3 Å². The van der Waals surface area contributed by atoms with Crippen molar-refractivity contribution in [2.75, 3.05) is 6.61 Å². The minimum absolute atomic E-state index is 0.189. The lowest BCUT2D eigenvalue weighted by molar-refractivity contribution is -0.143. The Balaban J connectivity index is 2.30. The highest BCUT2D eigenvalue weighted by atomic mass is 32.1. The molecule has 1 aromatic rings. The summed E-state index contributed by atoms with van der Waals surface area (Å²) in [6.45, 7) is 8.30. The number of esters is 1. The average Bonchev–Trinajstić information content (AvgIpc) is 2.54. The van der Waals surface area contributed by atoms with Crippen LogP contribution in [0.15, 0.2) is 35.5 Å². The summed E-state index contributed by atoms with van der Waals surface area (Å²) in [5.41, 5.74) is 2.15. The SMILES string of the molecule is CCCCOc1cccc([C@H]2NC(=S)NC(C)=C2C(=O)OC(C)C)c1. The van der Waals surface area contributed by atoms with Crippen molar-refractivity contribution in [1.82, 2.24) is 10.6 Å². The number of ether oxygens (including phenoxy) is 2. The fourth-order valence-electron chi connectivity index (χ4n) is 2.61. The van der Waals surface area contributed by atoms with Crippen molar-refractivity contribution in [2.24, 2.45) is 0 Å². The van der Waals surface area contributed by atoms with Crippen LogP contribution in [0, 0.1) is 0 Å². The molecule has 0 aromatic heterocycles. The summed E-state index contributed by atoms with van der Waals surface area (Å²) in [4.78, 5) is 12.6. The molecule has 0 aliphatic carbocycles. The zero-order valence-corrected chi connectivity index (χ0v) is 16.0. The smallest absolute Gasteiger partial charge is 0.338 e. The summed E-state index contributed by atoms with van der Waals surface area (Å²) in [5, 5.41) is 6.66. The first-order valence-corrected chi connectivity index (χ1v) is 9.05. The van der Waals surface area contributed by atoms with Crippen LogP contribution in [-0.4, -0.2) is 23.8 Å². The van der Waals surface area contributed by atoms with E-state index in [1.54, 1.807) is 0 Å². The Morgan fingerprint density at radius 3 is 2.80 bits per heavy atom. The number of benzene rings is 1. The Hall–Kier alpha value is -2.08. The predicted molar refractivity (Wildman–Crippen MR) is 102 cm³/mol. The van der Waals surface area contributed by atoms with E-state index in [9.17, 15) is 4.79 Å². The van der Waals surface area contributed by atoms with E-state index in [1.165, 1.54) is 0 Å². The van der Waals surface area contributed by atoms with E-state index in [4.69, 9.17) is 21.7 Å². The van der Waals surface area contributed by atoms with Gasteiger partial charge >= 0.3 is 5.97 Å². The third-order valence-electron chi connectivity index (χ3n) is 3.79. The second kappa shape index (κ2) is 8.85. The van der Waals surface area contributed by atoms with Gasteiger partial charge in [-0.05, 0) is 57.1 Å².